The molecule has 1 rings (SSSR count). The number of halogens is 2. The lowest BCUT2D eigenvalue weighted by Gasteiger charge is -2.14. The van der Waals surface area contributed by atoms with E-state index in [0.717, 1.165) is 12.0 Å². The highest BCUT2D eigenvalue weighted by atomic mass is 19.1. The fourth-order valence-corrected chi connectivity index (χ4v) is 1.68. The van der Waals surface area contributed by atoms with Crippen molar-refractivity contribution in [2.45, 2.75) is 46.0 Å². The van der Waals surface area contributed by atoms with Crippen LogP contribution in [0.4, 0.5) is 8.78 Å². The highest BCUT2D eigenvalue weighted by Crippen LogP contribution is 2.27. The molecule has 0 aliphatic rings. The largest absolute Gasteiger partial charge is 0.207 e. The summed E-state index contributed by atoms with van der Waals surface area (Å²) in [4.78, 5) is 0. The molecular weight excluding hydrogens is 194 g/mol. The van der Waals surface area contributed by atoms with Crippen LogP contribution in [0, 0.1) is 11.6 Å². The average molecular weight is 212 g/mol. The van der Waals surface area contributed by atoms with Crippen molar-refractivity contribution in [1.29, 1.82) is 0 Å². The second kappa shape index (κ2) is 4.73. The first-order valence-corrected chi connectivity index (χ1v) is 5.46. The van der Waals surface area contributed by atoms with Crippen LogP contribution in [0.15, 0.2) is 12.1 Å². The fourth-order valence-electron chi connectivity index (χ4n) is 1.68. The van der Waals surface area contributed by atoms with Gasteiger partial charge >= 0.3 is 0 Å². The number of hydrogen-bond acceptors (Lipinski definition) is 0. The van der Waals surface area contributed by atoms with E-state index in [2.05, 4.69) is 0 Å². The molecule has 1 unspecified atom stereocenters. The van der Waals surface area contributed by atoms with Gasteiger partial charge in [-0.2, -0.15) is 0 Å². The SMILES string of the molecule is CCC(C)c1cc(F)c(C(C)C)c(F)c1. The zero-order valence-corrected chi connectivity index (χ0v) is 9.77. The van der Waals surface area contributed by atoms with Gasteiger partial charge in [-0.3, -0.25) is 0 Å². The lowest BCUT2D eigenvalue weighted by molar-refractivity contribution is 0.534. The van der Waals surface area contributed by atoms with Crippen LogP contribution in [-0.4, -0.2) is 0 Å². The monoisotopic (exact) mass is 212 g/mol. The predicted octanol–water partition coefficient (Wildman–Crippen LogP) is 4.60. The van der Waals surface area contributed by atoms with E-state index in [1.54, 1.807) is 13.8 Å². The second-order valence-electron chi connectivity index (χ2n) is 4.36. The Morgan fingerprint density at radius 2 is 1.53 bits per heavy atom. The van der Waals surface area contributed by atoms with Crippen molar-refractivity contribution in [3.8, 4) is 0 Å². The van der Waals surface area contributed by atoms with Crippen LogP contribution in [0.3, 0.4) is 0 Å². The molecule has 0 radical (unpaired) electrons. The van der Waals surface area contributed by atoms with Gasteiger partial charge in [0.05, 0.1) is 0 Å². The van der Waals surface area contributed by atoms with Gasteiger partial charge in [-0.15, -0.1) is 0 Å². The van der Waals surface area contributed by atoms with Gasteiger partial charge < -0.3 is 0 Å². The first kappa shape index (κ1) is 12.2. The Bertz CT molecular complexity index is 319. The summed E-state index contributed by atoms with van der Waals surface area (Å²) in [6, 6.07) is 2.93. The molecule has 15 heavy (non-hydrogen) atoms. The molecule has 0 heterocycles. The molecular formula is C13H18F2. The summed E-state index contributed by atoms with van der Waals surface area (Å²) in [5.41, 5.74) is 0.943. The second-order valence-corrected chi connectivity index (χ2v) is 4.36. The van der Waals surface area contributed by atoms with Crippen molar-refractivity contribution in [2.24, 2.45) is 0 Å². The van der Waals surface area contributed by atoms with Crippen molar-refractivity contribution in [1.82, 2.24) is 0 Å². The third-order valence-electron chi connectivity index (χ3n) is 2.86. The van der Waals surface area contributed by atoms with Gasteiger partial charge in [0, 0.05) is 5.56 Å². The van der Waals surface area contributed by atoms with Crippen LogP contribution >= 0.6 is 0 Å². The Morgan fingerprint density at radius 3 is 1.87 bits per heavy atom. The molecule has 0 aromatic heterocycles. The van der Waals surface area contributed by atoms with E-state index >= 15 is 0 Å². The van der Waals surface area contributed by atoms with Crippen molar-refractivity contribution in [3.63, 3.8) is 0 Å². The lowest BCUT2D eigenvalue weighted by atomic mass is 9.94. The van der Waals surface area contributed by atoms with Gasteiger partial charge in [0.25, 0.3) is 0 Å². The van der Waals surface area contributed by atoms with Crippen LogP contribution in [0.25, 0.3) is 0 Å². The Kier molecular flexibility index (Phi) is 3.83. The molecule has 0 N–H and O–H groups in total. The fraction of sp³-hybridized carbons (Fsp3) is 0.538. The van der Waals surface area contributed by atoms with Gasteiger partial charge in [0.15, 0.2) is 0 Å². The molecule has 84 valence electrons. The van der Waals surface area contributed by atoms with Gasteiger partial charge in [0.1, 0.15) is 11.6 Å². The Balaban J connectivity index is 3.19. The molecule has 0 aliphatic heterocycles. The molecule has 0 aliphatic carbocycles. The molecule has 0 fully saturated rings. The van der Waals surface area contributed by atoms with Crippen molar-refractivity contribution >= 4 is 0 Å². The number of rotatable bonds is 3. The zero-order valence-electron chi connectivity index (χ0n) is 9.77. The molecule has 0 spiro atoms. The molecule has 2 heteroatoms. The Morgan fingerprint density at radius 1 is 1.07 bits per heavy atom. The summed E-state index contributed by atoms with van der Waals surface area (Å²) in [7, 11) is 0. The maximum absolute atomic E-state index is 13.6. The van der Waals surface area contributed by atoms with Crippen LogP contribution < -0.4 is 0 Å². The lowest BCUT2D eigenvalue weighted by Crippen LogP contribution is -2.02. The Labute approximate surface area is 90.3 Å². The minimum atomic E-state index is -0.416. The van der Waals surface area contributed by atoms with E-state index in [4.69, 9.17) is 0 Å². The third-order valence-corrected chi connectivity index (χ3v) is 2.86. The molecule has 1 atom stereocenters. The molecule has 0 saturated carbocycles. The quantitative estimate of drug-likeness (QED) is 0.686. The summed E-state index contributed by atoms with van der Waals surface area (Å²) in [5, 5.41) is 0. The molecule has 0 amide bonds. The van der Waals surface area contributed by atoms with Crippen molar-refractivity contribution in [2.75, 3.05) is 0 Å². The predicted molar refractivity (Wildman–Crippen MR) is 59.2 cm³/mol. The number of hydrogen-bond donors (Lipinski definition) is 0. The average Bonchev–Trinajstić information content (AvgIpc) is 2.14. The normalized spacial score (nSPS) is 13.3. The Hall–Kier alpha value is -0.920. The molecule has 0 nitrogen and oxygen atoms in total. The van der Waals surface area contributed by atoms with Crippen LogP contribution in [0.1, 0.15) is 57.1 Å². The summed E-state index contributed by atoms with van der Waals surface area (Å²) in [6.07, 6.45) is 0.889. The molecule has 0 saturated heterocycles. The highest BCUT2D eigenvalue weighted by molar-refractivity contribution is 5.30. The van der Waals surface area contributed by atoms with Crippen molar-refractivity contribution in [3.05, 3.63) is 34.9 Å². The molecule has 1 aromatic rings. The van der Waals surface area contributed by atoms with Crippen LogP contribution in [0.5, 0.6) is 0 Å². The minimum absolute atomic E-state index is 0.115. The van der Waals surface area contributed by atoms with E-state index in [9.17, 15) is 8.78 Å². The molecule has 0 bridgehead atoms. The van der Waals surface area contributed by atoms with Gasteiger partial charge in [-0.1, -0.05) is 27.7 Å². The zero-order chi connectivity index (χ0) is 11.6. The minimum Gasteiger partial charge on any atom is -0.207 e. The number of benzene rings is 1. The summed E-state index contributed by atoms with van der Waals surface area (Å²) in [6.45, 7) is 7.58. The highest BCUT2D eigenvalue weighted by Gasteiger charge is 2.15. The van der Waals surface area contributed by atoms with E-state index in [-0.39, 0.29) is 17.4 Å². The maximum Gasteiger partial charge on any atom is 0.129 e. The first-order chi connectivity index (χ1) is 6.97. The van der Waals surface area contributed by atoms with Gasteiger partial charge in [-0.25, -0.2) is 8.78 Å². The summed E-state index contributed by atoms with van der Waals surface area (Å²) >= 11 is 0. The van der Waals surface area contributed by atoms with Crippen LogP contribution in [0.2, 0.25) is 0 Å². The summed E-state index contributed by atoms with van der Waals surface area (Å²) in [5.74, 6) is -0.744. The topological polar surface area (TPSA) is 0 Å². The summed E-state index contributed by atoms with van der Waals surface area (Å²) < 4.78 is 27.2. The van der Waals surface area contributed by atoms with E-state index in [0.29, 0.717) is 0 Å². The van der Waals surface area contributed by atoms with E-state index < -0.39 is 11.6 Å². The van der Waals surface area contributed by atoms with Crippen molar-refractivity contribution < 1.29 is 8.78 Å². The van der Waals surface area contributed by atoms with E-state index in [1.165, 1.54) is 12.1 Å². The maximum atomic E-state index is 13.6. The third kappa shape index (κ3) is 2.55. The smallest absolute Gasteiger partial charge is 0.129 e. The van der Waals surface area contributed by atoms with Gasteiger partial charge in [0.2, 0.25) is 0 Å². The van der Waals surface area contributed by atoms with Gasteiger partial charge in [-0.05, 0) is 36.0 Å². The molecule has 1 aromatic carbocycles. The van der Waals surface area contributed by atoms with Crippen LogP contribution in [-0.2, 0) is 0 Å². The standard InChI is InChI=1S/C13H18F2/c1-5-9(4)10-6-11(14)13(8(2)3)12(15)7-10/h6-9H,5H2,1-4H3. The first-order valence-electron chi connectivity index (χ1n) is 5.46. The van der Waals surface area contributed by atoms with E-state index in [1.807, 2.05) is 13.8 Å².